The van der Waals surface area contributed by atoms with Gasteiger partial charge in [-0.2, -0.15) is 5.26 Å². The third kappa shape index (κ3) is 5.17. The SMILES string of the molecule is CCO[C@@H](C(=O)NCc1ccc(C#N)cc1NCc1ccccc1F)N1C(=O)c2cccc(F)c2C1=O. The van der Waals surface area contributed by atoms with Gasteiger partial charge in [0, 0.05) is 30.9 Å². The van der Waals surface area contributed by atoms with E-state index in [1.807, 2.05) is 6.07 Å². The highest BCUT2D eigenvalue weighted by Gasteiger charge is 2.44. The summed E-state index contributed by atoms with van der Waals surface area (Å²) in [6.45, 7) is 1.65. The lowest BCUT2D eigenvalue weighted by Crippen LogP contribution is -2.51. The first-order chi connectivity index (χ1) is 17.8. The van der Waals surface area contributed by atoms with Crippen LogP contribution in [-0.4, -0.2) is 35.5 Å². The predicted octanol–water partition coefficient (Wildman–Crippen LogP) is 3.72. The average molecular weight is 504 g/mol. The van der Waals surface area contributed by atoms with Crippen molar-refractivity contribution in [3.63, 3.8) is 0 Å². The van der Waals surface area contributed by atoms with E-state index >= 15 is 0 Å². The molecule has 10 heteroatoms. The Balaban J connectivity index is 1.52. The van der Waals surface area contributed by atoms with Gasteiger partial charge in [0.15, 0.2) is 0 Å². The molecule has 0 bridgehead atoms. The van der Waals surface area contributed by atoms with Gasteiger partial charge in [-0.3, -0.25) is 14.4 Å². The van der Waals surface area contributed by atoms with Crippen LogP contribution >= 0.6 is 0 Å². The molecule has 0 radical (unpaired) electrons. The fraction of sp³-hybridized carbons (Fsp3) is 0.185. The van der Waals surface area contributed by atoms with Crippen LogP contribution in [0.5, 0.6) is 0 Å². The molecule has 37 heavy (non-hydrogen) atoms. The Labute approximate surface area is 211 Å². The van der Waals surface area contributed by atoms with Crippen LogP contribution in [0.3, 0.4) is 0 Å². The van der Waals surface area contributed by atoms with E-state index in [9.17, 15) is 28.4 Å². The molecule has 3 amide bonds. The summed E-state index contributed by atoms with van der Waals surface area (Å²) in [4.78, 5) is 39.3. The van der Waals surface area contributed by atoms with Crippen LogP contribution in [0.2, 0.25) is 0 Å². The molecule has 1 heterocycles. The van der Waals surface area contributed by atoms with Gasteiger partial charge in [-0.1, -0.05) is 30.3 Å². The summed E-state index contributed by atoms with van der Waals surface area (Å²) in [5, 5.41) is 15.0. The molecule has 0 saturated carbocycles. The van der Waals surface area contributed by atoms with Crippen LogP contribution in [0.25, 0.3) is 0 Å². The second-order valence-electron chi connectivity index (χ2n) is 8.10. The van der Waals surface area contributed by atoms with Gasteiger partial charge < -0.3 is 15.4 Å². The Morgan fingerprint density at radius 3 is 2.46 bits per heavy atom. The number of fused-ring (bicyclic) bond motifs is 1. The van der Waals surface area contributed by atoms with E-state index in [1.165, 1.54) is 18.2 Å². The van der Waals surface area contributed by atoms with E-state index in [-0.39, 0.29) is 25.3 Å². The normalized spacial score (nSPS) is 13.2. The number of benzene rings is 3. The molecule has 2 N–H and O–H groups in total. The first kappa shape index (κ1) is 25.5. The minimum absolute atomic E-state index is 0.000283. The van der Waals surface area contributed by atoms with E-state index in [0.717, 1.165) is 6.07 Å². The summed E-state index contributed by atoms with van der Waals surface area (Å²) in [5.74, 6) is -3.84. The van der Waals surface area contributed by atoms with Crippen molar-refractivity contribution in [3.8, 4) is 6.07 Å². The molecule has 0 spiro atoms. The van der Waals surface area contributed by atoms with E-state index in [1.54, 1.807) is 43.3 Å². The Bertz CT molecular complexity index is 1420. The minimum atomic E-state index is -1.62. The molecule has 3 aromatic carbocycles. The highest BCUT2D eigenvalue weighted by molar-refractivity contribution is 6.22. The molecule has 4 rings (SSSR count). The maximum Gasteiger partial charge on any atom is 0.271 e. The molecule has 8 nitrogen and oxygen atoms in total. The van der Waals surface area contributed by atoms with E-state index in [0.29, 0.717) is 27.3 Å². The van der Waals surface area contributed by atoms with Crippen molar-refractivity contribution in [3.05, 3.63) is 100 Å². The zero-order chi connectivity index (χ0) is 26.5. The van der Waals surface area contributed by atoms with E-state index < -0.39 is 41.1 Å². The third-order valence-electron chi connectivity index (χ3n) is 5.80. The molecule has 0 aromatic heterocycles. The molecule has 0 unspecified atom stereocenters. The van der Waals surface area contributed by atoms with Crippen molar-refractivity contribution in [2.75, 3.05) is 11.9 Å². The van der Waals surface area contributed by atoms with Crippen LogP contribution < -0.4 is 10.6 Å². The van der Waals surface area contributed by atoms with Crippen molar-refractivity contribution in [1.29, 1.82) is 5.26 Å². The van der Waals surface area contributed by atoms with Crippen LogP contribution in [0, 0.1) is 23.0 Å². The number of nitrogens with one attached hydrogen (secondary N) is 2. The molecule has 0 aliphatic carbocycles. The number of hydrogen-bond acceptors (Lipinski definition) is 6. The number of rotatable bonds is 9. The van der Waals surface area contributed by atoms with Gasteiger partial charge in [0.2, 0.25) is 6.23 Å². The van der Waals surface area contributed by atoms with Crippen LogP contribution in [0.15, 0.2) is 60.7 Å². The maximum absolute atomic E-state index is 14.2. The molecule has 3 aromatic rings. The zero-order valence-corrected chi connectivity index (χ0v) is 19.8. The van der Waals surface area contributed by atoms with Crippen molar-refractivity contribution in [2.45, 2.75) is 26.2 Å². The number of carbonyl (C=O) groups is 3. The quantitative estimate of drug-likeness (QED) is 0.430. The van der Waals surface area contributed by atoms with Crippen molar-refractivity contribution >= 4 is 23.4 Å². The predicted molar refractivity (Wildman–Crippen MR) is 129 cm³/mol. The lowest BCUT2D eigenvalue weighted by molar-refractivity contribution is -0.140. The summed E-state index contributed by atoms with van der Waals surface area (Å²) in [6.07, 6.45) is -1.62. The summed E-state index contributed by atoms with van der Waals surface area (Å²) < 4.78 is 33.7. The molecule has 188 valence electrons. The molecular formula is C27H22F2N4O4. The van der Waals surface area contributed by atoms with Gasteiger partial charge in [0.05, 0.1) is 22.8 Å². The number of ether oxygens (including phenoxy) is 1. The summed E-state index contributed by atoms with van der Waals surface area (Å²) in [7, 11) is 0. The Morgan fingerprint density at radius 2 is 1.76 bits per heavy atom. The number of amides is 3. The second-order valence-corrected chi connectivity index (χ2v) is 8.10. The maximum atomic E-state index is 14.2. The van der Waals surface area contributed by atoms with Gasteiger partial charge in [-0.05, 0) is 42.8 Å². The number of carbonyl (C=O) groups excluding carboxylic acids is 3. The first-order valence-electron chi connectivity index (χ1n) is 11.4. The standard InChI is InChI=1S/C27H22F2N4O4/c1-2-37-27(33-25(35)19-7-5-9-21(29)23(19)26(33)36)24(34)32-15-18-11-10-16(13-30)12-22(18)31-14-17-6-3-4-8-20(17)28/h3-12,27,31H,2,14-15H2,1H3,(H,32,34)/t27-/m0/s1. The Morgan fingerprint density at radius 1 is 1.00 bits per heavy atom. The number of imide groups is 1. The van der Waals surface area contributed by atoms with Gasteiger partial charge >= 0.3 is 0 Å². The van der Waals surface area contributed by atoms with Crippen LogP contribution in [-0.2, 0) is 22.6 Å². The summed E-state index contributed by atoms with van der Waals surface area (Å²) >= 11 is 0. The highest BCUT2D eigenvalue weighted by Crippen LogP contribution is 2.27. The minimum Gasteiger partial charge on any atom is -0.381 e. The summed E-state index contributed by atoms with van der Waals surface area (Å²) in [5.41, 5.74) is 1.26. The van der Waals surface area contributed by atoms with E-state index in [4.69, 9.17) is 4.74 Å². The molecule has 1 atom stereocenters. The zero-order valence-electron chi connectivity index (χ0n) is 19.8. The van der Waals surface area contributed by atoms with E-state index in [2.05, 4.69) is 10.6 Å². The van der Waals surface area contributed by atoms with Gasteiger partial charge in [-0.25, -0.2) is 13.7 Å². The number of nitrogens with zero attached hydrogens (tertiary/aromatic N) is 2. The second kappa shape index (κ2) is 11.0. The molecule has 1 aliphatic rings. The Hall–Kier alpha value is -4.62. The smallest absolute Gasteiger partial charge is 0.271 e. The number of nitriles is 1. The number of halogens is 2. The highest BCUT2D eigenvalue weighted by atomic mass is 19.1. The number of anilines is 1. The monoisotopic (exact) mass is 504 g/mol. The van der Waals surface area contributed by atoms with Crippen molar-refractivity contribution in [1.82, 2.24) is 10.2 Å². The van der Waals surface area contributed by atoms with Gasteiger partial charge in [0.25, 0.3) is 17.7 Å². The third-order valence-corrected chi connectivity index (χ3v) is 5.80. The summed E-state index contributed by atoms with van der Waals surface area (Å²) in [6, 6.07) is 16.7. The lowest BCUT2D eigenvalue weighted by atomic mass is 10.1. The molecule has 0 fully saturated rings. The Kier molecular flexibility index (Phi) is 7.55. The molecular weight excluding hydrogens is 482 g/mol. The van der Waals surface area contributed by atoms with Gasteiger partial charge in [0.1, 0.15) is 11.6 Å². The fourth-order valence-electron chi connectivity index (χ4n) is 3.97. The van der Waals surface area contributed by atoms with Crippen molar-refractivity contribution in [2.24, 2.45) is 0 Å². The molecule has 0 saturated heterocycles. The average Bonchev–Trinajstić information content (AvgIpc) is 3.16. The topological polar surface area (TPSA) is 112 Å². The fourth-order valence-corrected chi connectivity index (χ4v) is 3.97. The van der Waals surface area contributed by atoms with Crippen molar-refractivity contribution < 1.29 is 27.9 Å². The van der Waals surface area contributed by atoms with Gasteiger partial charge in [-0.15, -0.1) is 0 Å². The molecule has 1 aliphatic heterocycles. The lowest BCUT2D eigenvalue weighted by Gasteiger charge is -2.25. The number of hydrogen-bond donors (Lipinski definition) is 2. The van der Waals surface area contributed by atoms with Crippen LogP contribution in [0.4, 0.5) is 14.5 Å². The first-order valence-corrected chi connectivity index (χ1v) is 11.4. The van der Waals surface area contributed by atoms with Crippen LogP contribution in [0.1, 0.15) is 44.3 Å². The largest absolute Gasteiger partial charge is 0.381 e.